The standard InChI is InChI=1S/C22H15BrF5N9/c1-2-14(13-8-36(35-34-13)15-4-3-11(24)5-12(15)25)37-18(23)16(17-19(29)32-9-33-20(17)37)10-6-30-21(31-7-10)22(26,27)28/h3-9,14H,2H2,1H3,(H2,29,32,33). The third-order valence-electron chi connectivity index (χ3n) is 5.65. The number of nitrogens with two attached hydrogens (primary N) is 1. The van der Waals surface area contributed by atoms with Gasteiger partial charge in [-0.1, -0.05) is 12.1 Å². The van der Waals surface area contributed by atoms with Gasteiger partial charge in [0.1, 0.15) is 35.0 Å². The lowest BCUT2D eigenvalue weighted by molar-refractivity contribution is -0.144. The fourth-order valence-electron chi connectivity index (χ4n) is 4.02. The molecule has 1 atom stereocenters. The van der Waals surface area contributed by atoms with E-state index >= 15 is 0 Å². The minimum atomic E-state index is -4.70. The number of fused-ring (bicyclic) bond motifs is 1. The second-order valence-electron chi connectivity index (χ2n) is 7.89. The fourth-order valence-corrected chi connectivity index (χ4v) is 4.86. The molecule has 5 rings (SSSR count). The van der Waals surface area contributed by atoms with E-state index in [4.69, 9.17) is 5.73 Å². The Labute approximate surface area is 213 Å². The van der Waals surface area contributed by atoms with Crippen LogP contribution in [0.25, 0.3) is 27.8 Å². The van der Waals surface area contributed by atoms with E-state index in [1.54, 1.807) is 4.57 Å². The van der Waals surface area contributed by atoms with Crippen molar-refractivity contribution in [2.24, 2.45) is 0 Å². The summed E-state index contributed by atoms with van der Waals surface area (Å²) in [6.07, 6.45) is 0.593. The molecule has 0 saturated heterocycles. The Hall–Kier alpha value is -4.01. The van der Waals surface area contributed by atoms with Crippen LogP contribution in [0.4, 0.5) is 27.8 Å². The van der Waals surface area contributed by atoms with Gasteiger partial charge < -0.3 is 10.3 Å². The highest BCUT2D eigenvalue weighted by Gasteiger charge is 2.35. The number of hydrogen-bond acceptors (Lipinski definition) is 7. The molecule has 0 saturated carbocycles. The molecule has 1 unspecified atom stereocenters. The summed E-state index contributed by atoms with van der Waals surface area (Å²) in [5, 5.41) is 8.54. The van der Waals surface area contributed by atoms with Gasteiger partial charge in [0.2, 0.25) is 5.82 Å². The number of halogens is 6. The molecule has 9 nitrogen and oxygen atoms in total. The Kier molecular flexibility index (Phi) is 6.09. The van der Waals surface area contributed by atoms with Crippen molar-refractivity contribution in [1.82, 2.24) is 39.5 Å². The summed E-state index contributed by atoms with van der Waals surface area (Å²) in [6.45, 7) is 1.87. The van der Waals surface area contributed by atoms with Gasteiger partial charge in [-0.05, 0) is 34.5 Å². The first-order valence-corrected chi connectivity index (χ1v) is 11.5. The Bertz CT molecular complexity index is 1610. The molecule has 0 aliphatic rings. The van der Waals surface area contributed by atoms with Gasteiger partial charge in [0.15, 0.2) is 5.82 Å². The van der Waals surface area contributed by atoms with Gasteiger partial charge in [-0.15, -0.1) is 5.10 Å². The number of rotatable bonds is 5. The predicted octanol–water partition coefficient (Wildman–Crippen LogP) is 5.11. The van der Waals surface area contributed by atoms with E-state index in [0.29, 0.717) is 33.3 Å². The molecule has 1 aromatic carbocycles. The van der Waals surface area contributed by atoms with Gasteiger partial charge in [-0.3, -0.25) is 0 Å². The van der Waals surface area contributed by atoms with Gasteiger partial charge >= 0.3 is 6.18 Å². The van der Waals surface area contributed by atoms with Crippen LogP contribution in [0.5, 0.6) is 0 Å². The van der Waals surface area contributed by atoms with Gasteiger partial charge in [-0.2, -0.15) is 13.2 Å². The van der Waals surface area contributed by atoms with Crippen molar-refractivity contribution in [3.8, 4) is 16.8 Å². The van der Waals surface area contributed by atoms with Crippen molar-refractivity contribution in [3.63, 3.8) is 0 Å². The molecule has 0 amide bonds. The van der Waals surface area contributed by atoms with Gasteiger partial charge in [-0.25, -0.2) is 33.4 Å². The fraction of sp³-hybridized carbons (Fsp3) is 0.182. The number of nitrogens with zero attached hydrogens (tertiary/aromatic N) is 8. The third-order valence-corrected chi connectivity index (χ3v) is 6.43. The van der Waals surface area contributed by atoms with Crippen LogP contribution in [-0.2, 0) is 6.18 Å². The van der Waals surface area contributed by atoms with Crippen LogP contribution in [-0.4, -0.2) is 39.5 Å². The third kappa shape index (κ3) is 4.28. The van der Waals surface area contributed by atoms with E-state index in [2.05, 4.69) is 46.2 Å². The van der Waals surface area contributed by atoms with E-state index in [-0.39, 0.29) is 17.1 Å². The average Bonchev–Trinajstić information content (AvgIpc) is 3.43. The second kappa shape index (κ2) is 9.14. The number of benzene rings is 1. The summed E-state index contributed by atoms with van der Waals surface area (Å²) in [5.74, 6) is -2.74. The van der Waals surface area contributed by atoms with E-state index in [0.717, 1.165) is 24.5 Å². The van der Waals surface area contributed by atoms with Crippen LogP contribution >= 0.6 is 15.9 Å². The summed E-state index contributed by atoms with van der Waals surface area (Å²) in [6, 6.07) is 2.56. The molecule has 0 radical (unpaired) electrons. The van der Waals surface area contributed by atoms with Crippen LogP contribution in [0.3, 0.4) is 0 Å². The van der Waals surface area contributed by atoms with E-state index in [1.165, 1.54) is 23.3 Å². The number of aromatic nitrogens is 8. The molecule has 0 bridgehead atoms. The molecule has 0 fully saturated rings. The van der Waals surface area contributed by atoms with Crippen molar-refractivity contribution in [3.05, 3.63) is 70.9 Å². The minimum Gasteiger partial charge on any atom is -0.383 e. The lowest BCUT2D eigenvalue weighted by atomic mass is 10.1. The van der Waals surface area contributed by atoms with Crippen LogP contribution in [0.1, 0.15) is 30.9 Å². The molecule has 0 aliphatic carbocycles. The van der Waals surface area contributed by atoms with Crippen LogP contribution in [0.2, 0.25) is 0 Å². The minimum absolute atomic E-state index is 0.000551. The normalized spacial score (nSPS) is 12.8. The summed E-state index contributed by atoms with van der Waals surface area (Å²) < 4.78 is 70.0. The number of alkyl halides is 3. The zero-order chi connectivity index (χ0) is 26.5. The first kappa shape index (κ1) is 24.7. The Morgan fingerprint density at radius 3 is 2.46 bits per heavy atom. The molecule has 4 aromatic heterocycles. The molecule has 0 spiro atoms. The summed E-state index contributed by atoms with van der Waals surface area (Å²) in [5.41, 5.74) is 7.57. The molecule has 37 heavy (non-hydrogen) atoms. The largest absolute Gasteiger partial charge is 0.451 e. The van der Waals surface area contributed by atoms with Crippen molar-refractivity contribution in [2.45, 2.75) is 25.6 Å². The highest BCUT2D eigenvalue weighted by Crippen LogP contribution is 2.43. The van der Waals surface area contributed by atoms with Crippen LogP contribution < -0.4 is 5.73 Å². The van der Waals surface area contributed by atoms with Crippen molar-refractivity contribution < 1.29 is 22.0 Å². The van der Waals surface area contributed by atoms with Crippen LogP contribution in [0.15, 0.2) is 47.7 Å². The summed E-state index contributed by atoms with van der Waals surface area (Å²) >= 11 is 3.54. The highest BCUT2D eigenvalue weighted by atomic mass is 79.9. The second-order valence-corrected chi connectivity index (χ2v) is 8.65. The average molecular weight is 580 g/mol. The van der Waals surface area contributed by atoms with Crippen molar-refractivity contribution in [1.29, 1.82) is 0 Å². The molecular formula is C22H15BrF5N9. The smallest absolute Gasteiger partial charge is 0.383 e. The Morgan fingerprint density at radius 2 is 1.81 bits per heavy atom. The lowest BCUT2D eigenvalue weighted by Crippen LogP contribution is -2.12. The molecule has 15 heteroatoms. The molecule has 4 heterocycles. The maximum Gasteiger partial charge on any atom is 0.451 e. The molecule has 5 aromatic rings. The molecular weight excluding hydrogens is 565 g/mol. The number of anilines is 1. The molecule has 0 aliphatic heterocycles. The SMILES string of the molecule is CCC(c1cn(-c2ccc(F)cc2F)nn1)n1c(Br)c(-c2cnc(C(F)(F)F)nc2)c2c(N)ncnc21. The van der Waals surface area contributed by atoms with E-state index < -0.39 is 29.7 Å². The maximum atomic E-state index is 14.3. The molecule has 190 valence electrons. The monoisotopic (exact) mass is 579 g/mol. The van der Waals surface area contributed by atoms with Gasteiger partial charge in [0.25, 0.3) is 0 Å². The zero-order valence-electron chi connectivity index (χ0n) is 18.7. The van der Waals surface area contributed by atoms with Crippen molar-refractivity contribution >= 4 is 32.8 Å². The lowest BCUT2D eigenvalue weighted by Gasteiger charge is -2.17. The topological polar surface area (TPSA) is 113 Å². The highest BCUT2D eigenvalue weighted by molar-refractivity contribution is 9.10. The van der Waals surface area contributed by atoms with Crippen molar-refractivity contribution in [2.75, 3.05) is 5.73 Å². The summed E-state index contributed by atoms with van der Waals surface area (Å²) in [4.78, 5) is 15.3. The Morgan fingerprint density at radius 1 is 1.08 bits per heavy atom. The van der Waals surface area contributed by atoms with E-state index in [1.807, 2.05) is 6.92 Å². The number of nitrogen functional groups attached to an aromatic ring is 1. The predicted molar refractivity (Wildman–Crippen MR) is 125 cm³/mol. The zero-order valence-corrected chi connectivity index (χ0v) is 20.3. The number of hydrogen-bond donors (Lipinski definition) is 1. The van der Waals surface area contributed by atoms with Crippen LogP contribution in [0, 0.1) is 11.6 Å². The quantitative estimate of drug-likeness (QED) is 0.288. The summed E-state index contributed by atoms with van der Waals surface area (Å²) in [7, 11) is 0. The Balaban J connectivity index is 1.66. The van der Waals surface area contributed by atoms with Gasteiger partial charge in [0, 0.05) is 29.6 Å². The van der Waals surface area contributed by atoms with Gasteiger partial charge in [0.05, 0.1) is 22.2 Å². The first-order valence-electron chi connectivity index (χ1n) is 10.7. The van der Waals surface area contributed by atoms with E-state index in [9.17, 15) is 22.0 Å². The molecule has 2 N–H and O–H groups in total. The first-order chi connectivity index (χ1) is 17.6. The maximum absolute atomic E-state index is 14.3.